The molecule has 0 saturated carbocycles. The van der Waals surface area contributed by atoms with Crippen molar-refractivity contribution in [1.29, 1.82) is 0 Å². The van der Waals surface area contributed by atoms with E-state index in [9.17, 15) is 9.59 Å². The topological polar surface area (TPSA) is 76.7 Å². The summed E-state index contributed by atoms with van der Waals surface area (Å²) in [6.07, 6.45) is -0.481. The molecule has 0 atom stereocenters. The van der Waals surface area contributed by atoms with Gasteiger partial charge >= 0.3 is 6.03 Å². The molecule has 1 rings (SSSR count). The van der Waals surface area contributed by atoms with Crippen LogP contribution in [-0.4, -0.2) is 38.9 Å². The molecule has 0 radical (unpaired) electrons. The van der Waals surface area contributed by atoms with E-state index in [1.165, 1.54) is 21.1 Å². The molecule has 1 aromatic rings. The lowest BCUT2D eigenvalue weighted by Gasteiger charge is -2.14. The number of methoxy groups -OCH3 is 2. The van der Waals surface area contributed by atoms with Gasteiger partial charge in [0.25, 0.3) is 0 Å². The molecule has 0 saturated heterocycles. The summed E-state index contributed by atoms with van der Waals surface area (Å²) in [7, 11) is 2.99. The van der Waals surface area contributed by atoms with Gasteiger partial charge in [-0.1, -0.05) is 0 Å². The summed E-state index contributed by atoms with van der Waals surface area (Å²) < 4.78 is 9.88. The van der Waals surface area contributed by atoms with Gasteiger partial charge in [0.15, 0.2) is 12.1 Å². The van der Waals surface area contributed by atoms with Crippen LogP contribution >= 0.6 is 0 Å². The van der Waals surface area contributed by atoms with Crippen molar-refractivity contribution in [2.75, 3.05) is 26.1 Å². The number of rotatable bonds is 6. The second-order valence-electron chi connectivity index (χ2n) is 3.87. The van der Waals surface area contributed by atoms with Gasteiger partial charge in [0.05, 0.1) is 6.54 Å². The van der Waals surface area contributed by atoms with Crippen molar-refractivity contribution < 1.29 is 19.1 Å². The van der Waals surface area contributed by atoms with Crippen LogP contribution in [0.2, 0.25) is 0 Å². The Bertz CT molecular complexity index is 427. The van der Waals surface area contributed by atoms with Gasteiger partial charge in [-0.25, -0.2) is 4.79 Å². The third-order valence-corrected chi connectivity index (χ3v) is 2.50. The Balaban J connectivity index is 2.46. The molecular weight excluding hydrogens is 248 g/mol. The number of anilines is 1. The molecule has 0 heterocycles. The van der Waals surface area contributed by atoms with Crippen molar-refractivity contribution in [3.63, 3.8) is 0 Å². The highest BCUT2D eigenvalue weighted by Crippen LogP contribution is 2.09. The zero-order valence-electron chi connectivity index (χ0n) is 11.2. The van der Waals surface area contributed by atoms with E-state index in [0.717, 1.165) is 0 Å². The van der Waals surface area contributed by atoms with Gasteiger partial charge in [0.1, 0.15) is 0 Å². The average molecular weight is 266 g/mol. The van der Waals surface area contributed by atoms with Crippen molar-refractivity contribution in [1.82, 2.24) is 5.32 Å². The molecular formula is C13H18N2O4. The zero-order chi connectivity index (χ0) is 14.3. The molecule has 0 aromatic heterocycles. The Kier molecular flexibility index (Phi) is 5.98. The van der Waals surface area contributed by atoms with Crippen molar-refractivity contribution >= 4 is 17.5 Å². The molecule has 0 unspecified atom stereocenters. The third kappa shape index (κ3) is 5.07. The fourth-order valence-corrected chi connectivity index (χ4v) is 1.40. The maximum Gasteiger partial charge on any atom is 0.319 e. The molecule has 104 valence electrons. The van der Waals surface area contributed by atoms with E-state index in [1.54, 1.807) is 24.3 Å². The summed E-state index contributed by atoms with van der Waals surface area (Å²) in [5.41, 5.74) is 1.21. The lowest BCUT2D eigenvalue weighted by molar-refractivity contribution is -0.0970. The maximum absolute atomic E-state index is 11.6. The van der Waals surface area contributed by atoms with Crippen LogP contribution < -0.4 is 10.6 Å². The van der Waals surface area contributed by atoms with Crippen LogP contribution in [0, 0.1) is 0 Å². The van der Waals surface area contributed by atoms with Crippen LogP contribution in [0.15, 0.2) is 24.3 Å². The van der Waals surface area contributed by atoms with Gasteiger partial charge in [-0.2, -0.15) is 0 Å². The van der Waals surface area contributed by atoms with E-state index >= 15 is 0 Å². The number of urea groups is 1. The first-order valence-corrected chi connectivity index (χ1v) is 5.78. The summed E-state index contributed by atoms with van der Waals surface area (Å²) >= 11 is 0. The maximum atomic E-state index is 11.6. The molecule has 0 aliphatic rings. The minimum absolute atomic E-state index is 0.0148. The number of ether oxygens (including phenoxy) is 2. The molecule has 0 aliphatic carbocycles. The van der Waals surface area contributed by atoms with Crippen LogP contribution in [-0.2, 0) is 9.47 Å². The second-order valence-corrected chi connectivity index (χ2v) is 3.87. The molecule has 2 amide bonds. The number of benzene rings is 1. The minimum Gasteiger partial charge on any atom is -0.354 e. The monoisotopic (exact) mass is 266 g/mol. The Morgan fingerprint density at radius 1 is 1.16 bits per heavy atom. The Morgan fingerprint density at radius 3 is 2.21 bits per heavy atom. The first kappa shape index (κ1) is 15.1. The van der Waals surface area contributed by atoms with Crippen LogP contribution in [0.3, 0.4) is 0 Å². The summed E-state index contributed by atoms with van der Waals surface area (Å²) in [5.74, 6) is -0.0148. The van der Waals surface area contributed by atoms with E-state index in [0.29, 0.717) is 11.3 Å². The lowest BCUT2D eigenvalue weighted by atomic mass is 10.1. The lowest BCUT2D eigenvalue weighted by Crippen LogP contribution is -2.36. The average Bonchev–Trinajstić information content (AvgIpc) is 2.40. The zero-order valence-corrected chi connectivity index (χ0v) is 11.2. The van der Waals surface area contributed by atoms with Gasteiger partial charge in [-0.05, 0) is 31.2 Å². The molecule has 2 N–H and O–H groups in total. The summed E-state index contributed by atoms with van der Waals surface area (Å²) in [4.78, 5) is 22.7. The van der Waals surface area contributed by atoms with E-state index in [2.05, 4.69) is 10.6 Å². The van der Waals surface area contributed by atoms with Crippen LogP contribution in [0.5, 0.6) is 0 Å². The highest BCUT2D eigenvalue weighted by molar-refractivity contribution is 5.95. The van der Waals surface area contributed by atoms with Crippen molar-refractivity contribution in [2.45, 2.75) is 13.2 Å². The number of hydrogen-bond donors (Lipinski definition) is 2. The largest absolute Gasteiger partial charge is 0.354 e. The van der Waals surface area contributed by atoms with Gasteiger partial charge < -0.3 is 20.1 Å². The SMILES string of the molecule is COC(CNC(=O)Nc1ccc(C(C)=O)cc1)OC. The molecule has 19 heavy (non-hydrogen) atoms. The minimum atomic E-state index is -0.481. The summed E-state index contributed by atoms with van der Waals surface area (Å²) in [5, 5.41) is 5.24. The summed E-state index contributed by atoms with van der Waals surface area (Å²) in [6.45, 7) is 1.73. The Morgan fingerprint density at radius 2 is 1.74 bits per heavy atom. The molecule has 6 heteroatoms. The predicted octanol–water partition coefficient (Wildman–Crippen LogP) is 1.63. The Hall–Kier alpha value is -1.92. The van der Waals surface area contributed by atoms with Crippen molar-refractivity contribution in [3.05, 3.63) is 29.8 Å². The van der Waals surface area contributed by atoms with Gasteiger partial charge in [-0.3, -0.25) is 4.79 Å². The van der Waals surface area contributed by atoms with Crippen LogP contribution in [0.4, 0.5) is 10.5 Å². The molecule has 0 fully saturated rings. The molecule has 6 nitrogen and oxygen atoms in total. The van der Waals surface area contributed by atoms with Gasteiger partial charge in [0, 0.05) is 25.5 Å². The summed E-state index contributed by atoms with van der Waals surface area (Å²) in [6, 6.07) is 6.28. The highest BCUT2D eigenvalue weighted by atomic mass is 16.7. The van der Waals surface area contributed by atoms with Crippen molar-refractivity contribution in [2.24, 2.45) is 0 Å². The molecule has 1 aromatic carbocycles. The second kappa shape index (κ2) is 7.50. The van der Waals surface area contributed by atoms with E-state index in [1.807, 2.05) is 0 Å². The third-order valence-electron chi connectivity index (χ3n) is 2.50. The molecule has 0 bridgehead atoms. The Labute approximate surface area is 112 Å². The van der Waals surface area contributed by atoms with E-state index in [4.69, 9.17) is 9.47 Å². The van der Waals surface area contributed by atoms with Gasteiger partial charge in [0.2, 0.25) is 0 Å². The number of carbonyl (C=O) groups is 2. The van der Waals surface area contributed by atoms with E-state index < -0.39 is 6.29 Å². The van der Waals surface area contributed by atoms with Gasteiger partial charge in [-0.15, -0.1) is 0 Å². The number of carbonyl (C=O) groups excluding carboxylic acids is 2. The number of hydrogen-bond acceptors (Lipinski definition) is 4. The highest BCUT2D eigenvalue weighted by Gasteiger charge is 2.08. The van der Waals surface area contributed by atoms with Crippen molar-refractivity contribution in [3.8, 4) is 0 Å². The molecule has 0 spiro atoms. The first-order chi connectivity index (χ1) is 9.06. The smallest absolute Gasteiger partial charge is 0.319 e. The van der Waals surface area contributed by atoms with Crippen LogP contribution in [0.1, 0.15) is 17.3 Å². The van der Waals surface area contributed by atoms with Crippen LogP contribution in [0.25, 0.3) is 0 Å². The fraction of sp³-hybridized carbons (Fsp3) is 0.385. The fourth-order valence-electron chi connectivity index (χ4n) is 1.40. The number of Topliss-reactive ketones (excluding diaryl/α,β-unsaturated/α-hetero) is 1. The van der Waals surface area contributed by atoms with E-state index in [-0.39, 0.29) is 18.4 Å². The first-order valence-electron chi connectivity index (χ1n) is 5.78. The number of amides is 2. The predicted molar refractivity (Wildman–Crippen MR) is 71.3 cm³/mol. The normalized spacial score (nSPS) is 10.3. The number of nitrogens with one attached hydrogen (secondary N) is 2. The quantitative estimate of drug-likeness (QED) is 0.606. The number of ketones is 1. The standard InChI is InChI=1S/C13H18N2O4/c1-9(16)10-4-6-11(7-5-10)15-13(17)14-8-12(18-2)19-3/h4-7,12H,8H2,1-3H3,(H2,14,15,17). The molecule has 0 aliphatic heterocycles.